The van der Waals surface area contributed by atoms with Crippen molar-refractivity contribution in [3.63, 3.8) is 0 Å². The zero-order valence-electron chi connectivity index (χ0n) is 7.85. The maximum absolute atomic E-state index is 10.9. The number of hydrogen-bond acceptors (Lipinski definition) is 4. The molecule has 0 atom stereocenters. The van der Waals surface area contributed by atoms with Gasteiger partial charge in [-0.3, -0.25) is 14.5 Å². The van der Waals surface area contributed by atoms with E-state index in [4.69, 9.17) is 0 Å². The van der Waals surface area contributed by atoms with Crippen molar-refractivity contribution in [2.75, 3.05) is 5.32 Å². The largest absolute Gasteiger partial charge is 0.296 e. The molecule has 1 N–H and O–H groups in total. The Morgan fingerprint density at radius 2 is 2.21 bits per heavy atom. The molecule has 2 aromatic rings. The Morgan fingerprint density at radius 1 is 1.43 bits per heavy atom. The van der Waals surface area contributed by atoms with Gasteiger partial charge in [-0.2, -0.15) is 0 Å². The van der Waals surface area contributed by atoms with Crippen LogP contribution in [0.25, 0.3) is 5.65 Å². The number of aryl methyl sites for hydroxylation is 1. The smallest absolute Gasteiger partial charge is 0.223 e. The standard InChI is InChI=1S/C8H9N5O/c1-5-9-3-7-10-4-11-8(13(5)7)12-6(2)14/h3-4H,1-2H3,(H,10,11,12,14). The van der Waals surface area contributed by atoms with Crippen molar-refractivity contribution in [3.05, 3.63) is 18.3 Å². The summed E-state index contributed by atoms with van der Waals surface area (Å²) in [6.45, 7) is 3.25. The minimum Gasteiger partial charge on any atom is -0.296 e. The normalized spacial score (nSPS) is 10.4. The van der Waals surface area contributed by atoms with Crippen LogP contribution >= 0.6 is 0 Å². The van der Waals surface area contributed by atoms with E-state index in [1.165, 1.54) is 13.3 Å². The Labute approximate surface area is 80.0 Å². The van der Waals surface area contributed by atoms with E-state index in [2.05, 4.69) is 20.3 Å². The monoisotopic (exact) mass is 191 g/mol. The van der Waals surface area contributed by atoms with E-state index in [0.717, 1.165) is 5.82 Å². The van der Waals surface area contributed by atoms with E-state index in [1.807, 2.05) is 6.92 Å². The summed E-state index contributed by atoms with van der Waals surface area (Å²) in [7, 11) is 0. The highest BCUT2D eigenvalue weighted by Crippen LogP contribution is 2.08. The Kier molecular flexibility index (Phi) is 1.88. The summed E-state index contributed by atoms with van der Waals surface area (Å²) in [6.07, 6.45) is 3.02. The van der Waals surface area contributed by atoms with E-state index in [0.29, 0.717) is 11.6 Å². The first kappa shape index (κ1) is 8.61. The third kappa shape index (κ3) is 1.30. The summed E-state index contributed by atoms with van der Waals surface area (Å²) in [5.41, 5.74) is 0.668. The van der Waals surface area contributed by atoms with Crippen molar-refractivity contribution in [1.82, 2.24) is 19.4 Å². The fraction of sp³-hybridized carbons (Fsp3) is 0.250. The minimum absolute atomic E-state index is 0.168. The topological polar surface area (TPSA) is 72.2 Å². The number of nitrogens with one attached hydrogen (secondary N) is 1. The van der Waals surface area contributed by atoms with Gasteiger partial charge in [0.2, 0.25) is 11.9 Å². The van der Waals surface area contributed by atoms with E-state index in [9.17, 15) is 4.79 Å². The number of carbonyl (C=O) groups is 1. The van der Waals surface area contributed by atoms with Gasteiger partial charge in [-0.25, -0.2) is 15.0 Å². The summed E-state index contributed by atoms with van der Waals surface area (Å²) in [5, 5.41) is 2.61. The van der Waals surface area contributed by atoms with Crippen LogP contribution < -0.4 is 5.32 Å². The number of anilines is 1. The van der Waals surface area contributed by atoms with E-state index >= 15 is 0 Å². The molecule has 2 rings (SSSR count). The molecule has 0 aliphatic carbocycles. The highest BCUT2D eigenvalue weighted by atomic mass is 16.1. The quantitative estimate of drug-likeness (QED) is 0.707. The van der Waals surface area contributed by atoms with Gasteiger partial charge in [0.15, 0.2) is 5.65 Å². The lowest BCUT2D eigenvalue weighted by Gasteiger charge is -2.04. The van der Waals surface area contributed by atoms with Crippen LogP contribution in [0.1, 0.15) is 12.7 Å². The maximum atomic E-state index is 10.9. The predicted molar refractivity (Wildman–Crippen MR) is 49.8 cm³/mol. The lowest BCUT2D eigenvalue weighted by atomic mass is 10.6. The first-order valence-electron chi connectivity index (χ1n) is 4.11. The van der Waals surface area contributed by atoms with Crippen LogP contribution in [0, 0.1) is 6.92 Å². The van der Waals surface area contributed by atoms with Gasteiger partial charge in [-0.05, 0) is 6.92 Å². The van der Waals surface area contributed by atoms with E-state index in [1.54, 1.807) is 10.6 Å². The van der Waals surface area contributed by atoms with Gasteiger partial charge in [-0.15, -0.1) is 0 Å². The SMILES string of the molecule is CC(=O)Nc1ncnc2cnc(C)n12. The van der Waals surface area contributed by atoms with Crippen molar-refractivity contribution in [1.29, 1.82) is 0 Å². The van der Waals surface area contributed by atoms with Gasteiger partial charge in [0.25, 0.3) is 0 Å². The van der Waals surface area contributed by atoms with Crippen LogP contribution in [0.3, 0.4) is 0 Å². The molecule has 0 fully saturated rings. The Balaban J connectivity index is 2.63. The number of carbonyl (C=O) groups excluding carboxylic acids is 1. The number of hydrogen-bond donors (Lipinski definition) is 1. The van der Waals surface area contributed by atoms with Crippen LogP contribution in [0.4, 0.5) is 5.95 Å². The number of rotatable bonds is 1. The molecule has 0 spiro atoms. The van der Waals surface area contributed by atoms with Crippen LogP contribution in [-0.4, -0.2) is 25.3 Å². The fourth-order valence-electron chi connectivity index (χ4n) is 1.23. The lowest BCUT2D eigenvalue weighted by Crippen LogP contribution is -2.12. The number of amides is 1. The molecule has 0 aromatic carbocycles. The molecular formula is C8H9N5O. The summed E-state index contributed by atoms with van der Waals surface area (Å²) >= 11 is 0. The zero-order chi connectivity index (χ0) is 10.1. The Bertz CT molecular complexity index is 489. The highest BCUT2D eigenvalue weighted by molar-refractivity contribution is 5.87. The van der Waals surface area contributed by atoms with Gasteiger partial charge in [0, 0.05) is 6.92 Å². The highest BCUT2D eigenvalue weighted by Gasteiger charge is 2.06. The maximum Gasteiger partial charge on any atom is 0.223 e. The first-order valence-corrected chi connectivity index (χ1v) is 4.11. The molecule has 0 radical (unpaired) electrons. The molecule has 0 saturated carbocycles. The van der Waals surface area contributed by atoms with E-state index < -0.39 is 0 Å². The molecule has 1 amide bonds. The molecule has 72 valence electrons. The third-order valence-electron chi connectivity index (χ3n) is 1.79. The summed E-state index contributed by atoms with van der Waals surface area (Å²) in [6, 6.07) is 0. The van der Waals surface area contributed by atoms with Gasteiger partial charge in [0.1, 0.15) is 12.2 Å². The summed E-state index contributed by atoms with van der Waals surface area (Å²) in [4.78, 5) is 22.9. The number of fused-ring (bicyclic) bond motifs is 1. The molecular weight excluding hydrogens is 182 g/mol. The second kappa shape index (κ2) is 3.06. The van der Waals surface area contributed by atoms with Gasteiger partial charge in [0.05, 0.1) is 6.20 Å². The predicted octanol–water partition coefficient (Wildman–Crippen LogP) is 0.391. The molecule has 14 heavy (non-hydrogen) atoms. The molecule has 0 saturated heterocycles. The fourth-order valence-corrected chi connectivity index (χ4v) is 1.23. The van der Waals surface area contributed by atoms with Crippen molar-refractivity contribution in [2.24, 2.45) is 0 Å². The molecule has 6 heteroatoms. The van der Waals surface area contributed by atoms with Crippen molar-refractivity contribution in [3.8, 4) is 0 Å². The zero-order valence-corrected chi connectivity index (χ0v) is 7.85. The third-order valence-corrected chi connectivity index (χ3v) is 1.79. The lowest BCUT2D eigenvalue weighted by molar-refractivity contribution is -0.114. The molecule has 2 heterocycles. The van der Waals surface area contributed by atoms with Crippen LogP contribution in [0.2, 0.25) is 0 Å². The molecule has 0 aliphatic heterocycles. The molecule has 0 bridgehead atoms. The number of imidazole rings is 1. The van der Waals surface area contributed by atoms with Gasteiger partial charge in [-0.1, -0.05) is 0 Å². The first-order chi connectivity index (χ1) is 6.68. The van der Waals surface area contributed by atoms with Crippen molar-refractivity contribution in [2.45, 2.75) is 13.8 Å². The van der Waals surface area contributed by atoms with Crippen LogP contribution in [0.15, 0.2) is 12.5 Å². The van der Waals surface area contributed by atoms with Crippen LogP contribution in [0.5, 0.6) is 0 Å². The number of aromatic nitrogens is 4. The molecule has 0 unspecified atom stereocenters. The van der Waals surface area contributed by atoms with Crippen LogP contribution in [-0.2, 0) is 4.79 Å². The van der Waals surface area contributed by atoms with Gasteiger partial charge < -0.3 is 0 Å². The average molecular weight is 191 g/mol. The minimum atomic E-state index is -0.168. The van der Waals surface area contributed by atoms with E-state index in [-0.39, 0.29) is 5.91 Å². The Morgan fingerprint density at radius 3 is 2.93 bits per heavy atom. The molecule has 0 aliphatic rings. The molecule has 2 aromatic heterocycles. The second-order valence-electron chi connectivity index (χ2n) is 2.88. The summed E-state index contributed by atoms with van der Waals surface area (Å²) < 4.78 is 1.68. The van der Waals surface area contributed by atoms with Gasteiger partial charge >= 0.3 is 0 Å². The average Bonchev–Trinajstić information content (AvgIpc) is 2.48. The molecule has 6 nitrogen and oxygen atoms in total. The summed E-state index contributed by atoms with van der Waals surface area (Å²) in [5.74, 6) is 1.01. The van der Waals surface area contributed by atoms with Crippen molar-refractivity contribution >= 4 is 17.5 Å². The Hall–Kier alpha value is -1.98. The van der Waals surface area contributed by atoms with Crippen molar-refractivity contribution < 1.29 is 4.79 Å². The number of nitrogens with zero attached hydrogens (tertiary/aromatic N) is 4. The second-order valence-corrected chi connectivity index (χ2v) is 2.88.